The smallest absolute Gasteiger partial charge is 0.253 e. The van der Waals surface area contributed by atoms with Crippen molar-refractivity contribution in [3.05, 3.63) is 35.4 Å². The molecule has 100 valence electrons. The van der Waals surface area contributed by atoms with Crippen molar-refractivity contribution in [2.45, 2.75) is 32.6 Å². The largest absolute Gasteiger partial charge is 0.395 e. The summed E-state index contributed by atoms with van der Waals surface area (Å²) < 4.78 is 0. The molecule has 18 heavy (non-hydrogen) atoms. The Bertz CT molecular complexity index is 395. The first kappa shape index (κ1) is 14.7. The van der Waals surface area contributed by atoms with E-state index in [1.54, 1.807) is 7.05 Å². The molecular weight excluding hydrogens is 226 g/mol. The summed E-state index contributed by atoms with van der Waals surface area (Å²) in [7, 11) is 1.70. The van der Waals surface area contributed by atoms with Crippen molar-refractivity contribution in [2.75, 3.05) is 20.2 Å². The zero-order chi connectivity index (χ0) is 13.8. The van der Waals surface area contributed by atoms with Gasteiger partial charge in [0.15, 0.2) is 0 Å². The van der Waals surface area contributed by atoms with Gasteiger partial charge in [-0.2, -0.15) is 0 Å². The number of benzene rings is 1. The molecule has 0 aliphatic carbocycles. The molecular formula is C15H23NO2. The van der Waals surface area contributed by atoms with Crippen LogP contribution in [0, 0.1) is 0 Å². The number of rotatable bonds is 5. The molecule has 0 atom stereocenters. The number of nitrogens with zero attached hydrogens (tertiary/aromatic N) is 1. The summed E-state index contributed by atoms with van der Waals surface area (Å²) >= 11 is 0. The van der Waals surface area contributed by atoms with Crippen molar-refractivity contribution in [2.24, 2.45) is 0 Å². The second-order valence-corrected chi connectivity index (χ2v) is 5.27. The molecule has 0 radical (unpaired) electrons. The molecule has 1 aromatic rings. The molecule has 0 saturated carbocycles. The fourth-order valence-electron chi connectivity index (χ4n) is 1.74. The lowest BCUT2D eigenvalue weighted by Gasteiger charge is -2.23. The number of likely N-dealkylation sites (N-methyl/N-ethyl adjacent to an activating group) is 1. The van der Waals surface area contributed by atoms with Gasteiger partial charge in [0.05, 0.1) is 6.61 Å². The average Bonchev–Trinajstić information content (AvgIpc) is 2.38. The number of hydrogen-bond acceptors (Lipinski definition) is 2. The molecule has 3 nitrogen and oxygen atoms in total. The predicted molar refractivity (Wildman–Crippen MR) is 73.8 cm³/mol. The number of aliphatic hydroxyl groups is 1. The van der Waals surface area contributed by atoms with Crippen LogP contribution in [0.4, 0.5) is 0 Å². The third kappa shape index (κ3) is 3.33. The van der Waals surface area contributed by atoms with Crippen LogP contribution >= 0.6 is 0 Å². The van der Waals surface area contributed by atoms with Crippen LogP contribution in [0.1, 0.15) is 43.1 Å². The van der Waals surface area contributed by atoms with Gasteiger partial charge in [0.1, 0.15) is 0 Å². The van der Waals surface area contributed by atoms with Crippen LogP contribution < -0.4 is 0 Å². The molecule has 3 heteroatoms. The van der Waals surface area contributed by atoms with E-state index in [-0.39, 0.29) is 17.9 Å². The first-order valence-corrected chi connectivity index (χ1v) is 6.39. The zero-order valence-corrected chi connectivity index (χ0v) is 11.7. The lowest BCUT2D eigenvalue weighted by molar-refractivity contribution is 0.0767. The summed E-state index contributed by atoms with van der Waals surface area (Å²) in [6.07, 6.45) is 1.06. The Kier molecular flexibility index (Phi) is 4.91. The standard InChI is InChI=1S/C15H23NO2/c1-5-15(2,3)13-8-6-12(7-9-13)14(18)16(4)10-11-17/h6-9,17H,5,10-11H2,1-4H3. The summed E-state index contributed by atoms with van der Waals surface area (Å²) in [5.41, 5.74) is 2.05. The third-order valence-corrected chi connectivity index (χ3v) is 3.58. The van der Waals surface area contributed by atoms with Gasteiger partial charge in [-0.3, -0.25) is 4.79 Å². The quantitative estimate of drug-likeness (QED) is 0.870. The van der Waals surface area contributed by atoms with Crippen molar-refractivity contribution >= 4 is 5.91 Å². The Labute approximate surface area is 109 Å². The molecule has 1 N–H and O–H groups in total. The van der Waals surface area contributed by atoms with Crippen LogP contribution in [0.2, 0.25) is 0 Å². The lowest BCUT2D eigenvalue weighted by Crippen LogP contribution is -2.29. The number of hydrogen-bond donors (Lipinski definition) is 1. The van der Waals surface area contributed by atoms with Gasteiger partial charge in [0.25, 0.3) is 5.91 Å². The number of carbonyl (C=O) groups excluding carboxylic acids is 1. The highest BCUT2D eigenvalue weighted by Gasteiger charge is 2.18. The van der Waals surface area contributed by atoms with E-state index in [0.717, 1.165) is 6.42 Å². The van der Waals surface area contributed by atoms with Gasteiger partial charge in [-0.25, -0.2) is 0 Å². The van der Waals surface area contributed by atoms with Crippen molar-refractivity contribution in [1.29, 1.82) is 0 Å². The molecule has 0 bridgehead atoms. The molecule has 0 aliphatic rings. The average molecular weight is 249 g/mol. The second-order valence-electron chi connectivity index (χ2n) is 5.27. The maximum atomic E-state index is 12.0. The topological polar surface area (TPSA) is 40.5 Å². The molecule has 1 rings (SSSR count). The zero-order valence-electron chi connectivity index (χ0n) is 11.7. The number of carbonyl (C=O) groups is 1. The van der Waals surface area contributed by atoms with Crippen LogP contribution in [-0.4, -0.2) is 36.1 Å². The highest BCUT2D eigenvalue weighted by molar-refractivity contribution is 5.94. The van der Waals surface area contributed by atoms with Gasteiger partial charge in [-0.1, -0.05) is 32.9 Å². The minimum Gasteiger partial charge on any atom is -0.395 e. The SMILES string of the molecule is CCC(C)(C)c1ccc(C(=O)N(C)CCO)cc1. The van der Waals surface area contributed by atoms with E-state index in [1.807, 2.05) is 24.3 Å². The maximum absolute atomic E-state index is 12.0. The van der Waals surface area contributed by atoms with Crippen molar-refractivity contribution in [3.8, 4) is 0 Å². The molecule has 0 fully saturated rings. The minimum absolute atomic E-state index is 0.0107. The van der Waals surface area contributed by atoms with Gasteiger partial charge in [0, 0.05) is 19.2 Å². The van der Waals surface area contributed by atoms with Gasteiger partial charge in [-0.15, -0.1) is 0 Å². The predicted octanol–water partition coefficient (Wildman–Crippen LogP) is 2.44. The molecule has 0 unspecified atom stereocenters. The van der Waals surface area contributed by atoms with E-state index in [9.17, 15) is 4.79 Å². The van der Waals surface area contributed by atoms with E-state index >= 15 is 0 Å². The Morgan fingerprint density at radius 2 is 1.83 bits per heavy atom. The Hall–Kier alpha value is -1.35. The fraction of sp³-hybridized carbons (Fsp3) is 0.533. The minimum atomic E-state index is -0.0510. The molecule has 0 saturated heterocycles. The molecule has 1 aromatic carbocycles. The van der Waals surface area contributed by atoms with Crippen molar-refractivity contribution < 1.29 is 9.90 Å². The number of aliphatic hydroxyl groups excluding tert-OH is 1. The summed E-state index contributed by atoms with van der Waals surface area (Å²) in [5, 5.41) is 8.82. The summed E-state index contributed by atoms with van der Waals surface area (Å²) in [5.74, 6) is -0.0510. The molecule has 0 spiro atoms. The first-order chi connectivity index (χ1) is 8.42. The third-order valence-electron chi connectivity index (χ3n) is 3.58. The Morgan fingerprint density at radius 1 is 1.28 bits per heavy atom. The van der Waals surface area contributed by atoms with Gasteiger partial charge >= 0.3 is 0 Å². The highest BCUT2D eigenvalue weighted by atomic mass is 16.3. The first-order valence-electron chi connectivity index (χ1n) is 6.39. The van der Waals surface area contributed by atoms with Crippen molar-refractivity contribution in [1.82, 2.24) is 4.90 Å². The Morgan fingerprint density at radius 3 is 2.28 bits per heavy atom. The Balaban J connectivity index is 2.86. The van der Waals surface area contributed by atoms with Gasteiger partial charge in [0.2, 0.25) is 0 Å². The van der Waals surface area contributed by atoms with Gasteiger partial charge in [-0.05, 0) is 29.5 Å². The van der Waals surface area contributed by atoms with Crippen LogP contribution in [0.5, 0.6) is 0 Å². The van der Waals surface area contributed by atoms with Crippen LogP contribution in [0.15, 0.2) is 24.3 Å². The lowest BCUT2D eigenvalue weighted by atomic mass is 9.82. The highest BCUT2D eigenvalue weighted by Crippen LogP contribution is 2.26. The van der Waals surface area contributed by atoms with E-state index in [4.69, 9.17) is 5.11 Å². The van der Waals surface area contributed by atoms with Gasteiger partial charge < -0.3 is 10.0 Å². The molecule has 0 aliphatic heterocycles. The normalized spacial score (nSPS) is 11.4. The maximum Gasteiger partial charge on any atom is 0.253 e. The van der Waals surface area contributed by atoms with E-state index in [1.165, 1.54) is 10.5 Å². The summed E-state index contributed by atoms with van der Waals surface area (Å²) in [4.78, 5) is 13.5. The molecule has 0 aromatic heterocycles. The molecule has 0 heterocycles. The fourth-order valence-corrected chi connectivity index (χ4v) is 1.74. The summed E-state index contributed by atoms with van der Waals surface area (Å²) in [6.45, 7) is 6.90. The molecule has 1 amide bonds. The van der Waals surface area contributed by atoms with Crippen LogP contribution in [0.3, 0.4) is 0 Å². The van der Waals surface area contributed by atoms with E-state index < -0.39 is 0 Å². The monoisotopic (exact) mass is 249 g/mol. The summed E-state index contributed by atoms with van der Waals surface area (Å²) in [6, 6.07) is 7.76. The number of amides is 1. The second kappa shape index (κ2) is 6.01. The van der Waals surface area contributed by atoms with E-state index in [2.05, 4.69) is 20.8 Å². The van der Waals surface area contributed by atoms with Crippen molar-refractivity contribution in [3.63, 3.8) is 0 Å². The van der Waals surface area contributed by atoms with Crippen LogP contribution in [-0.2, 0) is 5.41 Å². The van der Waals surface area contributed by atoms with E-state index in [0.29, 0.717) is 12.1 Å². The van der Waals surface area contributed by atoms with Crippen LogP contribution in [0.25, 0.3) is 0 Å².